The van der Waals surface area contributed by atoms with Gasteiger partial charge in [-0.25, -0.2) is 0 Å². The quantitative estimate of drug-likeness (QED) is 0.576. The third kappa shape index (κ3) is 12.4. The van der Waals surface area contributed by atoms with Crippen LogP contribution in [0.2, 0.25) is 0 Å². The molecule has 0 saturated carbocycles. The average molecular weight is 308 g/mol. The van der Waals surface area contributed by atoms with Crippen LogP contribution in [-0.2, 0) is 11.2 Å². The van der Waals surface area contributed by atoms with Crippen LogP contribution < -0.4 is 5.32 Å². The van der Waals surface area contributed by atoms with E-state index in [0.29, 0.717) is 6.42 Å². The molecule has 128 valence electrons. The molecule has 0 aliphatic rings. The second-order valence-electron chi connectivity index (χ2n) is 5.24. The molecule has 0 atom stereocenters. The maximum atomic E-state index is 11.7. The summed E-state index contributed by atoms with van der Waals surface area (Å²) in [4.78, 5) is 11.7. The molecule has 0 fully saturated rings. The topological polar surface area (TPSA) is 29.1 Å². The molecule has 0 saturated heterocycles. The summed E-state index contributed by atoms with van der Waals surface area (Å²) in [5, 5.41) is 2.97. The number of unbranched alkanes of at least 4 members (excludes halogenated alkanes) is 1. The van der Waals surface area contributed by atoms with Gasteiger partial charge in [-0.3, -0.25) is 4.79 Å². The number of anilines is 1. The van der Waals surface area contributed by atoms with Crippen molar-refractivity contribution in [2.24, 2.45) is 5.92 Å². The van der Waals surface area contributed by atoms with Crippen LogP contribution in [0.4, 0.5) is 5.69 Å². The van der Waals surface area contributed by atoms with E-state index in [-0.39, 0.29) is 5.91 Å². The van der Waals surface area contributed by atoms with Gasteiger partial charge < -0.3 is 5.32 Å². The zero-order chi connectivity index (χ0) is 17.4. The number of nitrogens with one attached hydrogen (secondary N) is 1. The predicted molar refractivity (Wildman–Crippen MR) is 100 cm³/mol. The fraction of sp³-hybridized carbons (Fsp3) is 0.650. The molecule has 2 nitrogen and oxygen atoms in total. The maximum Gasteiger partial charge on any atom is 0.224 e. The van der Waals surface area contributed by atoms with Crippen LogP contribution in [0.3, 0.4) is 0 Å². The lowest BCUT2D eigenvalue weighted by Crippen LogP contribution is -2.11. The van der Waals surface area contributed by atoms with E-state index in [4.69, 9.17) is 0 Å². The highest BCUT2D eigenvalue weighted by molar-refractivity contribution is 5.90. The van der Waals surface area contributed by atoms with Crippen LogP contribution in [0.15, 0.2) is 24.3 Å². The van der Waals surface area contributed by atoms with Crippen molar-refractivity contribution in [2.75, 3.05) is 5.32 Å². The smallest absolute Gasteiger partial charge is 0.224 e. The van der Waals surface area contributed by atoms with E-state index in [9.17, 15) is 4.79 Å². The molecule has 0 bridgehead atoms. The van der Waals surface area contributed by atoms with E-state index >= 15 is 0 Å². The first kappa shape index (κ1) is 23.0. The SMILES string of the molecule is CC.CC.CCc1cccc(NC(=O)CCCCC(C)C)c1. The molecule has 0 heterocycles. The molecule has 2 heteroatoms. The molecule has 0 aliphatic heterocycles. The molecule has 1 aromatic carbocycles. The van der Waals surface area contributed by atoms with Crippen molar-refractivity contribution >= 4 is 11.6 Å². The minimum absolute atomic E-state index is 0.131. The highest BCUT2D eigenvalue weighted by Crippen LogP contribution is 2.13. The van der Waals surface area contributed by atoms with E-state index in [1.54, 1.807) is 0 Å². The molecule has 0 spiro atoms. The zero-order valence-electron chi connectivity index (χ0n) is 15.8. The van der Waals surface area contributed by atoms with Crippen LogP contribution in [0.5, 0.6) is 0 Å². The normalized spacial score (nSPS) is 9.27. The van der Waals surface area contributed by atoms with Crippen LogP contribution in [0.1, 0.15) is 79.7 Å². The Bertz CT molecular complexity index is 372. The highest BCUT2D eigenvalue weighted by Gasteiger charge is 2.03. The number of benzene rings is 1. The monoisotopic (exact) mass is 307 g/mol. The predicted octanol–water partition coefficient (Wildman–Crippen LogP) is 6.46. The lowest BCUT2D eigenvalue weighted by molar-refractivity contribution is -0.116. The summed E-state index contributed by atoms with van der Waals surface area (Å²) in [6, 6.07) is 8.07. The molecular formula is C20H37NO. The van der Waals surface area contributed by atoms with Crippen molar-refractivity contribution in [3.05, 3.63) is 29.8 Å². The van der Waals surface area contributed by atoms with Crippen LogP contribution in [0.25, 0.3) is 0 Å². The molecule has 1 N–H and O–H groups in total. The molecule has 0 radical (unpaired) electrons. The number of aryl methyl sites for hydroxylation is 1. The standard InChI is InChI=1S/C16H25NO.2C2H6/c1-4-14-9-7-10-15(12-14)17-16(18)11-6-5-8-13(2)3;2*1-2/h7,9-10,12-13H,4-6,8,11H2,1-3H3,(H,17,18);2*1-2H3. The van der Waals surface area contributed by atoms with Crippen molar-refractivity contribution in [1.29, 1.82) is 0 Å². The molecule has 0 aromatic heterocycles. The largest absolute Gasteiger partial charge is 0.326 e. The zero-order valence-corrected chi connectivity index (χ0v) is 15.8. The number of carbonyl (C=O) groups excluding carboxylic acids is 1. The van der Waals surface area contributed by atoms with Gasteiger partial charge in [-0.1, -0.05) is 73.4 Å². The maximum absolute atomic E-state index is 11.7. The first-order chi connectivity index (χ1) is 10.6. The molecule has 22 heavy (non-hydrogen) atoms. The van der Waals surface area contributed by atoms with Crippen LogP contribution in [-0.4, -0.2) is 5.91 Å². The Labute approximate surface area is 138 Å². The first-order valence-corrected chi connectivity index (χ1v) is 9.00. The van der Waals surface area contributed by atoms with E-state index in [1.807, 2.05) is 45.9 Å². The molecular weight excluding hydrogens is 270 g/mol. The Morgan fingerprint density at radius 3 is 2.27 bits per heavy atom. The second kappa shape index (κ2) is 16.1. The van der Waals surface area contributed by atoms with Gasteiger partial charge in [0.25, 0.3) is 0 Å². The lowest BCUT2D eigenvalue weighted by Gasteiger charge is -2.07. The Morgan fingerprint density at radius 2 is 1.73 bits per heavy atom. The minimum atomic E-state index is 0.131. The number of carbonyl (C=O) groups is 1. The van der Waals surface area contributed by atoms with Crippen molar-refractivity contribution in [3.63, 3.8) is 0 Å². The summed E-state index contributed by atoms with van der Waals surface area (Å²) < 4.78 is 0. The van der Waals surface area contributed by atoms with Gasteiger partial charge in [0.2, 0.25) is 5.91 Å². The summed E-state index contributed by atoms with van der Waals surface area (Å²) in [5.74, 6) is 0.862. The average Bonchev–Trinajstić information content (AvgIpc) is 2.55. The van der Waals surface area contributed by atoms with E-state index in [1.165, 1.54) is 12.0 Å². The van der Waals surface area contributed by atoms with Crippen molar-refractivity contribution in [1.82, 2.24) is 0 Å². The Kier molecular flexibility index (Phi) is 16.8. The fourth-order valence-corrected chi connectivity index (χ4v) is 1.93. The summed E-state index contributed by atoms with van der Waals surface area (Å²) >= 11 is 0. The van der Waals surface area contributed by atoms with Gasteiger partial charge in [0, 0.05) is 12.1 Å². The molecule has 1 amide bonds. The highest BCUT2D eigenvalue weighted by atomic mass is 16.1. The molecule has 0 aliphatic carbocycles. The van der Waals surface area contributed by atoms with E-state index in [2.05, 4.69) is 32.2 Å². The van der Waals surface area contributed by atoms with Gasteiger partial charge in [-0.05, 0) is 36.5 Å². The van der Waals surface area contributed by atoms with Crippen LogP contribution >= 0.6 is 0 Å². The van der Waals surface area contributed by atoms with E-state index in [0.717, 1.165) is 30.9 Å². The van der Waals surface area contributed by atoms with Crippen molar-refractivity contribution in [3.8, 4) is 0 Å². The number of amides is 1. The van der Waals surface area contributed by atoms with Crippen molar-refractivity contribution in [2.45, 2.75) is 80.6 Å². The van der Waals surface area contributed by atoms with Gasteiger partial charge >= 0.3 is 0 Å². The third-order valence-electron chi connectivity index (χ3n) is 3.05. The Hall–Kier alpha value is -1.31. The Morgan fingerprint density at radius 1 is 1.09 bits per heavy atom. The summed E-state index contributed by atoms with van der Waals surface area (Å²) in [7, 11) is 0. The fourth-order valence-electron chi connectivity index (χ4n) is 1.93. The van der Waals surface area contributed by atoms with Gasteiger partial charge in [0.1, 0.15) is 0 Å². The number of rotatable bonds is 7. The number of hydrogen-bond donors (Lipinski definition) is 1. The summed E-state index contributed by atoms with van der Waals surface area (Å²) in [6.45, 7) is 14.6. The van der Waals surface area contributed by atoms with Crippen LogP contribution in [0, 0.1) is 5.92 Å². The minimum Gasteiger partial charge on any atom is -0.326 e. The molecule has 0 unspecified atom stereocenters. The molecule has 1 aromatic rings. The number of hydrogen-bond acceptors (Lipinski definition) is 1. The van der Waals surface area contributed by atoms with Gasteiger partial charge in [-0.15, -0.1) is 0 Å². The van der Waals surface area contributed by atoms with Crippen molar-refractivity contribution < 1.29 is 4.79 Å². The van der Waals surface area contributed by atoms with Gasteiger partial charge in [0.05, 0.1) is 0 Å². The van der Waals surface area contributed by atoms with E-state index < -0.39 is 0 Å². The third-order valence-corrected chi connectivity index (χ3v) is 3.05. The Balaban J connectivity index is 0. The van der Waals surface area contributed by atoms with Gasteiger partial charge in [-0.2, -0.15) is 0 Å². The molecule has 1 rings (SSSR count). The lowest BCUT2D eigenvalue weighted by atomic mass is 10.1. The first-order valence-electron chi connectivity index (χ1n) is 9.00. The van der Waals surface area contributed by atoms with Gasteiger partial charge in [0.15, 0.2) is 0 Å². The summed E-state index contributed by atoms with van der Waals surface area (Å²) in [6.07, 6.45) is 4.96. The second-order valence-corrected chi connectivity index (χ2v) is 5.24. The summed E-state index contributed by atoms with van der Waals surface area (Å²) in [5.41, 5.74) is 2.18.